The van der Waals surface area contributed by atoms with E-state index >= 15 is 0 Å². The minimum atomic E-state index is -1.01. The van der Waals surface area contributed by atoms with Crippen LogP contribution in [0.5, 0.6) is 0 Å². The van der Waals surface area contributed by atoms with Crippen molar-refractivity contribution >= 4 is 35.4 Å². The SMILES string of the molecule is CCOC1OC(=O)C[C@@H]1NC(=O)[C@@H]1CCCN2C(=O)CCN(NC(=O)c3ccc(N(C)C)cc3)C(=O)N12. The lowest BCUT2D eigenvalue weighted by Gasteiger charge is -2.43. The Morgan fingerprint density at radius 2 is 1.86 bits per heavy atom. The zero-order chi connectivity index (χ0) is 26.7. The fourth-order valence-corrected chi connectivity index (χ4v) is 4.56. The van der Waals surface area contributed by atoms with Crippen molar-refractivity contribution in [3.8, 4) is 0 Å². The van der Waals surface area contributed by atoms with Gasteiger partial charge < -0.3 is 19.7 Å². The van der Waals surface area contributed by atoms with E-state index in [0.717, 1.165) is 15.7 Å². The summed E-state index contributed by atoms with van der Waals surface area (Å²) in [6, 6.07) is 4.42. The Labute approximate surface area is 214 Å². The van der Waals surface area contributed by atoms with Crippen molar-refractivity contribution in [2.24, 2.45) is 0 Å². The number of carbonyl (C=O) groups is 5. The van der Waals surface area contributed by atoms with Gasteiger partial charge in [-0.15, -0.1) is 0 Å². The molecule has 1 aromatic rings. The second kappa shape index (κ2) is 11.0. The van der Waals surface area contributed by atoms with E-state index in [9.17, 15) is 24.0 Å². The number of amides is 5. The number of hydrazine groups is 2. The zero-order valence-electron chi connectivity index (χ0n) is 21.1. The number of hydrogen-bond acceptors (Lipinski definition) is 8. The third kappa shape index (κ3) is 5.61. The number of cyclic esters (lactones) is 1. The third-order valence-corrected chi connectivity index (χ3v) is 6.47. The summed E-state index contributed by atoms with van der Waals surface area (Å²) in [4.78, 5) is 66.3. The van der Waals surface area contributed by atoms with Crippen molar-refractivity contribution in [2.75, 3.05) is 38.7 Å². The smallest absolute Gasteiger partial charge is 0.358 e. The molecule has 200 valence electrons. The van der Waals surface area contributed by atoms with Gasteiger partial charge in [-0.05, 0) is 44.0 Å². The van der Waals surface area contributed by atoms with Crippen LogP contribution in [0.15, 0.2) is 24.3 Å². The van der Waals surface area contributed by atoms with E-state index in [1.54, 1.807) is 31.2 Å². The summed E-state index contributed by atoms with van der Waals surface area (Å²) in [5, 5.41) is 6.19. The number of ether oxygens (including phenoxy) is 2. The highest BCUT2D eigenvalue weighted by atomic mass is 16.7. The molecule has 3 aliphatic heterocycles. The molecule has 0 aliphatic carbocycles. The van der Waals surface area contributed by atoms with E-state index in [2.05, 4.69) is 10.7 Å². The predicted octanol–water partition coefficient (Wildman–Crippen LogP) is 0.225. The van der Waals surface area contributed by atoms with Gasteiger partial charge in [0.15, 0.2) is 0 Å². The number of urea groups is 1. The lowest BCUT2D eigenvalue weighted by Crippen LogP contribution is -2.65. The summed E-state index contributed by atoms with van der Waals surface area (Å²) in [6.07, 6.45) is -0.192. The van der Waals surface area contributed by atoms with Crippen LogP contribution in [-0.2, 0) is 23.9 Å². The first-order valence-electron chi connectivity index (χ1n) is 12.3. The summed E-state index contributed by atoms with van der Waals surface area (Å²) in [6.45, 7) is 2.25. The second-order valence-corrected chi connectivity index (χ2v) is 9.22. The molecular weight excluding hydrogens is 484 g/mol. The summed E-state index contributed by atoms with van der Waals surface area (Å²) in [5.41, 5.74) is 3.83. The van der Waals surface area contributed by atoms with Crippen LogP contribution >= 0.6 is 0 Å². The van der Waals surface area contributed by atoms with E-state index < -0.39 is 42.2 Å². The molecule has 13 nitrogen and oxygen atoms in total. The first-order chi connectivity index (χ1) is 17.7. The lowest BCUT2D eigenvalue weighted by molar-refractivity contribution is -0.166. The maximum atomic E-state index is 13.6. The maximum Gasteiger partial charge on any atom is 0.358 e. The van der Waals surface area contributed by atoms with Crippen LogP contribution in [0.3, 0.4) is 0 Å². The summed E-state index contributed by atoms with van der Waals surface area (Å²) in [5.74, 6) is -1.88. The second-order valence-electron chi connectivity index (χ2n) is 9.22. The van der Waals surface area contributed by atoms with Crippen molar-refractivity contribution in [3.63, 3.8) is 0 Å². The highest BCUT2D eigenvalue weighted by Gasteiger charge is 2.46. The van der Waals surface area contributed by atoms with Crippen LogP contribution in [-0.4, -0.2) is 96.9 Å². The van der Waals surface area contributed by atoms with Crippen molar-refractivity contribution in [2.45, 2.75) is 51.0 Å². The van der Waals surface area contributed by atoms with Crippen molar-refractivity contribution < 1.29 is 33.4 Å². The number of benzene rings is 1. The largest absolute Gasteiger partial charge is 0.433 e. The Morgan fingerprint density at radius 3 is 2.54 bits per heavy atom. The zero-order valence-corrected chi connectivity index (χ0v) is 21.1. The average Bonchev–Trinajstić information content (AvgIpc) is 3.17. The monoisotopic (exact) mass is 516 g/mol. The van der Waals surface area contributed by atoms with Gasteiger partial charge in [0.05, 0.1) is 13.0 Å². The first-order valence-corrected chi connectivity index (χ1v) is 12.3. The Balaban J connectivity index is 1.50. The van der Waals surface area contributed by atoms with Gasteiger partial charge in [-0.3, -0.25) is 24.6 Å². The molecule has 2 N–H and O–H groups in total. The minimum Gasteiger partial charge on any atom is -0.433 e. The Morgan fingerprint density at radius 1 is 1.14 bits per heavy atom. The molecule has 0 saturated carbocycles. The number of esters is 1. The van der Waals surface area contributed by atoms with Gasteiger partial charge in [-0.1, -0.05) is 0 Å². The van der Waals surface area contributed by atoms with E-state index in [1.165, 1.54) is 5.01 Å². The molecule has 0 radical (unpaired) electrons. The van der Waals surface area contributed by atoms with Crippen LogP contribution in [0.4, 0.5) is 10.5 Å². The number of fused-ring (bicyclic) bond motifs is 1. The number of carbonyl (C=O) groups excluding carboxylic acids is 5. The molecule has 5 amide bonds. The van der Waals surface area contributed by atoms with Gasteiger partial charge in [0.25, 0.3) is 5.91 Å². The van der Waals surface area contributed by atoms with Crippen LogP contribution in [0.2, 0.25) is 0 Å². The normalized spacial score (nSPS) is 23.8. The number of nitrogens with one attached hydrogen (secondary N) is 2. The Hall–Kier alpha value is -3.87. The maximum absolute atomic E-state index is 13.6. The van der Waals surface area contributed by atoms with Crippen LogP contribution < -0.4 is 15.6 Å². The first kappa shape index (κ1) is 26.2. The van der Waals surface area contributed by atoms with Crippen molar-refractivity contribution in [1.82, 2.24) is 25.8 Å². The van der Waals surface area contributed by atoms with Gasteiger partial charge in [0.1, 0.15) is 12.1 Å². The van der Waals surface area contributed by atoms with E-state index in [1.807, 2.05) is 19.0 Å². The molecule has 3 atom stereocenters. The molecule has 13 heteroatoms. The van der Waals surface area contributed by atoms with Crippen LogP contribution in [0.25, 0.3) is 0 Å². The van der Waals surface area contributed by atoms with E-state index in [0.29, 0.717) is 18.4 Å². The molecule has 0 spiro atoms. The molecule has 0 aromatic heterocycles. The van der Waals surface area contributed by atoms with Crippen LogP contribution in [0, 0.1) is 0 Å². The van der Waals surface area contributed by atoms with Crippen molar-refractivity contribution in [1.29, 1.82) is 0 Å². The highest BCUT2D eigenvalue weighted by Crippen LogP contribution is 2.25. The van der Waals surface area contributed by atoms with E-state index in [-0.39, 0.29) is 38.4 Å². The minimum absolute atomic E-state index is 0.0200. The molecule has 1 aromatic carbocycles. The molecular formula is C24H32N6O7. The van der Waals surface area contributed by atoms with Gasteiger partial charge in [0.2, 0.25) is 18.1 Å². The molecule has 3 heterocycles. The summed E-state index contributed by atoms with van der Waals surface area (Å²) < 4.78 is 10.5. The number of hydrogen-bond donors (Lipinski definition) is 2. The highest BCUT2D eigenvalue weighted by molar-refractivity contribution is 5.97. The number of anilines is 1. The van der Waals surface area contributed by atoms with Gasteiger partial charge in [0, 0.05) is 44.9 Å². The van der Waals surface area contributed by atoms with Crippen LogP contribution in [0.1, 0.15) is 43.0 Å². The summed E-state index contributed by atoms with van der Waals surface area (Å²) in [7, 11) is 3.76. The standard InChI is InChI=1S/C24H32N6O7/c1-4-36-23-17(14-20(32)37-23)25-22(34)18-6-5-12-29-19(31)11-13-28(24(35)30(18)29)26-21(33)15-7-9-16(10-8-15)27(2)3/h7-10,17-18,23H,4-6,11-14H2,1-3H3,(H,25,34)(H,26,33)/t17-,18-,23?/m0/s1. The van der Waals surface area contributed by atoms with Crippen molar-refractivity contribution in [3.05, 3.63) is 29.8 Å². The Kier molecular flexibility index (Phi) is 7.81. The quantitative estimate of drug-likeness (QED) is 0.491. The molecule has 37 heavy (non-hydrogen) atoms. The molecule has 3 saturated heterocycles. The van der Waals surface area contributed by atoms with Gasteiger partial charge in [-0.25, -0.2) is 19.8 Å². The molecule has 3 fully saturated rings. The predicted molar refractivity (Wildman–Crippen MR) is 130 cm³/mol. The molecule has 0 bridgehead atoms. The fourth-order valence-electron chi connectivity index (χ4n) is 4.56. The molecule has 1 unspecified atom stereocenters. The number of rotatable bonds is 7. The topological polar surface area (TPSA) is 141 Å². The van der Waals surface area contributed by atoms with Gasteiger partial charge in [-0.2, -0.15) is 0 Å². The molecule has 4 rings (SSSR count). The van der Waals surface area contributed by atoms with E-state index in [4.69, 9.17) is 9.47 Å². The fraction of sp³-hybridized carbons (Fsp3) is 0.542. The third-order valence-electron chi connectivity index (χ3n) is 6.47. The lowest BCUT2D eigenvalue weighted by atomic mass is 10.1. The summed E-state index contributed by atoms with van der Waals surface area (Å²) >= 11 is 0. The van der Waals surface area contributed by atoms with Gasteiger partial charge >= 0.3 is 12.0 Å². The Bertz CT molecular complexity index is 1060. The average molecular weight is 517 g/mol. The number of nitrogens with zero attached hydrogens (tertiary/aromatic N) is 4. The molecule has 3 aliphatic rings.